The van der Waals surface area contributed by atoms with E-state index in [2.05, 4.69) is 10.1 Å². The lowest BCUT2D eigenvalue weighted by molar-refractivity contribution is -0.142. The van der Waals surface area contributed by atoms with Crippen LogP contribution in [0.4, 0.5) is 13.2 Å². The number of rotatable bonds is 3. The van der Waals surface area contributed by atoms with Crippen LogP contribution in [0.3, 0.4) is 0 Å². The number of fused-ring (bicyclic) bond motifs is 1. The predicted octanol–water partition coefficient (Wildman–Crippen LogP) is 3.97. The lowest BCUT2D eigenvalue weighted by atomic mass is 9.86. The second kappa shape index (κ2) is 6.41. The zero-order chi connectivity index (χ0) is 17.3. The van der Waals surface area contributed by atoms with E-state index in [1.807, 2.05) is 0 Å². The van der Waals surface area contributed by atoms with E-state index in [0.29, 0.717) is 10.2 Å². The normalized spacial score (nSPS) is 16.5. The Balaban J connectivity index is 2.10. The van der Waals surface area contributed by atoms with Crippen LogP contribution >= 0.6 is 0 Å². The molecule has 1 aliphatic rings. The Morgan fingerprint density at radius 2 is 2.00 bits per heavy atom. The first kappa shape index (κ1) is 16.7. The highest BCUT2D eigenvalue weighted by atomic mass is 19.4. The molecule has 1 saturated carbocycles. The van der Waals surface area contributed by atoms with Crippen molar-refractivity contribution in [3.63, 3.8) is 0 Å². The van der Waals surface area contributed by atoms with E-state index in [4.69, 9.17) is 4.74 Å². The largest absolute Gasteiger partial charge is 0.461 e. The molecule has 0 saturated heterocycles. The average molecular weight is 341 g/mol. The Labute approximate surface area is 136 Å². The summed E-state index contributed by atoms with van der Waals surface area (Å²) in [6.07, 6.45) is 0.171. The Morgan fingerprint density at radius 3 is 2.62 bits per heavy atom. The fourth-order valence-electron chi connectivity index (χ4n) is 3.11. The third-order valence-corrected chi connectivity index (χ3v) is 4.25. The summed E-state index contributed by atoms with van der Waals surface area (Å²) in [4.78, 5) is 16.1. The zero-order valence-corrected chi connectivity index (χ0v) is 13.3. The molecule has 0 bridgehead atoms. The van der Waals surface area contributed by atoms with E-state index < -0.39 is 17.8 Å². The highest BCUT2D eigenvalue weighted by molar-refractivity contribution is 5.88. The third-order valence-electron chi connectivity index (χ3n) is 4.25. The van der Waals surface area contributed by atoms with E-state index in [-0.39, 0.29) is 23.9 Å². The Bertz CT molecular complexity index is 749. The summed E-state index contributed by atoms with van der Waals surface area (Å²) in [6, 6.07) is 2.31. The van der Waals surface area contributed by atoms with Gasteiger partial charge in [0, 0.05) is 17.7 Å². The summed E-state index contributed by atoms with van der Waals surface area (Å²) in [5, 5.41) is 3.74. The van der Waals surface area contributed by atoms with Crippen molar-refractivity contribution in [2.75, 3.05) is 6.61 Å². The van der Waals surface area contributed by atoms with Gasteiger partial charge in [-0.3, -0.25) is 0 Å². The van der Waals surface area contributed by atoms with Crippen LogP contribution in [0, 0.1) is 0 Å². The van der Waals surface area contributed by atoms with Crippen molar-refractivity contribution in [2.24, 2.45) is 0 Å². The second-order valence-corrected chi connectivity index (χ2v) is 5.92. The van der Waals surface area contributed by atoms with Gasteiger partial charge in [-0.05, 0) is 25.8 Å². The van der Waals surface area contributed by atoms with Gasteiger partial charge in [0.25, 0.3) is 0 Å². The van der Waals surface area contributed by atoms with Gasteiger partial charge < -0.3 is 4.74 Å². The van der Waals surface area contributed by atoms with Crippen molar-refractivity contribution in [2.45, 2.75) is 51.1 Å². The highest BCUT2D eigenvalue weighted by Gasteiger charge is 2.36. The number of carbonyl (C=O) groups excluding carboxylic acids is 1. The molecule has 3 rings (SSSR count). The quantitative estimate of drug-likeness (QED) is 0.793. The van der Waals surface area contributed by atoms with Crippen LogP contribution in [0.25, 0.3) is 5.65 Å². The number of nitrogens with zero attached hydrogens (tertiary/aromatic N) is 3. The van der Waals surface area contributed by atoms with Crippen LogP contribution < -0.4 is 0 Å². The topological polar surface area (TPSA) is 56.5 Å². The summed E-state index contributed by atoms with van der Waals surface area (Å²) in [5.74, 6) is -0.735. The molecule has 8 heteroatoms. The van der Waals surface area contributed by atoms with Gasteiger partial charge in [-0.2, -0.15) is 18.3 Å². The molecule has 0 unspecified atom stereocenters. The van der Waals surface area contributed by atoms with E-state index in [9.17, 15) is 18.0 Å². The number of ether oxygens (including phenoxy) is 1. The maximum Gasteiger partial charge on any atom is 0.433 e. The first-order chi connectivity index (χ1) is 11.4. The molecule has 0 spiro atoms. The predicted molar refractivity (Wildman–Crippen MR) is 79.8 cm³/mol. The smallest absolute Gasteiger partial charge is 0.433 e. The van der Waals surface area contributed by atoms with Crippen molar-refractivity contribution >= 4 is 11.6 Å². The van der Waals surface area contributed by atoms with Gasteiger partial charge in [-0.1, -0.05) is 19.3 Å². The molecular formula is C16H18F3N3O2. The number of esters is 1. The van der Waals surface area contributed by atoms with Crippen LogP contribution in [0.2, 0.25) is 0 Å². The first-order valence-corrected chi connectivity index (χ1v) is 8.05. The molecule has 0 amide bonds. The van der Waals surface area contributed by atoms with Gasteiger partial charge in [0.2, 0.25) is 0 Å². The van der Waals surface area contributed by atoms with Crippen LogP contribution in [-0.4, -0.2) is 27.2 Å². The molecule has 2 heterocycles. The zero-order valence-electron chi connectivity index (χ0n) is 13.3. The number of alkyl halides is 3. The molecule has 0 aromatic carbocycles. The highest BCUT2D eigenvalue weighted by Crippen LogP contribution is 2.36. The van der Waals surface area contributed by atoms with Crippen molar-refractivity contribution in [1.29, 1.82) is 0 Å². The van der Waals surface area contributed by atoms with E-state index in [1.165, 1.54) is 6.07 Å². The van der Waals surface area contributed by atoms with Crippen LogP contribution in [0.15, 0.2) is 12.1 Å². The van der Waals surface area contributed by atoms with Gasteiger partial charge in [-0.15, -0.1) is 0 Å². The Kier molecular flexibility index (Phi) is 4.47. The Morgan fingerprint density at radius 1 is 1.29 bits per heavy atom. The molecule has 5 nitrogen and oxygen atoms in total. The Hall–Kier alpha value is -2.12. The third kappa shape index (κ3) is 3.22. The van der Waals surface area contributed by atoms with E-state index in [1.54, 1.807) is 6.92 Å². The summed E-state index contributed by atoms with van der Waals surface area (Å²) in [7, 11) is 0. The monoisotopic (exact) mass is 341 g/mol. The second-order valence-electron chi connectivity index (χ2n) is 5.92. The maximum atomic E-state index is 13.4. The minimum Gasteiger partial charge on any atom is -0.461 e. The fraction of sp³-hybridized carbons (Fsp3) is 0.562. The van der Waals surface area contributed by atoms with Gasteiger partial charge in [-0.25, -0.2) is 14.3 Å². The van der Waals surface area contributed by atoms with Crippen molar-refractivity contribution < 1.29 is 22.7 Å². The summed E-state index contributed by atoms with van der Waals surface area (Å²) in [6.45, 7) is 1.74. The van der Waals surface area contributed by atoms with E-state index in [0.717, 1.165) is 38.2 Å². The molecule has 1 fully saturated rings. The molecule has 130 valence electrons. The number of aromatic nitrogens is 3. The molecule has 2 aromatic rings. The molecule has 0 N–H and O–H groups in total. The van der Waals surface area contributed by atoms with Crippen LogP contribution in [-0.2, 0) is 10.9 Å². The standard InChI is InChI=1S/C16H18F3N3O2/c1-2-24-15(23)12-9-14-20-11(10-6-4-3-5-7-10)8-13(16(17,18)19)22(14)21-12/h8-10H,2-7H2,1H3. The molecular weight excluding hydrogens is 323 g/mol. The summed E-state index contributed by atoms with van der Waals surface area (Å²) in [5.41, 5.74) is -0.641. The molecule has 0 radical (unpaired) electrons. The van der Waals surface area contributed by atoms with Gasteiger partial charge in [0.1, 0.15) is 5.69 Å². The first-order valence-electron chi connectivity index (χ1n) is 8.05. The minimum absolute atomic E-state index is 0.0193. The summed E-state index contributed by atoms with van der Waals surface area (Å²) >= 11 is 0. The lowest BCUT2D eigenvalue weighted by Gasteiger charge is -2.22. The summed E-state index contributed by atoms with van der Waals surface area (Å²) < 4.78 is 45.7. The average Bonchev–Trinajstić information content (AvgIpc) is 2.98. The number of carbonyl (C=O) groups is 1. The maximum absolute atomic E-state index is 13.4. The molecule has 0 atom stereocenters. The van der Waals surface area contributed by atoms with E-state index >= 15 is 0 Å². The number of hydrogen-bond acceptors (Lipinski definition) is 4. The lowest BCUT2D eigenvalue weighted by Crippen LogP contribution is -2.17. The number of halogens is 3. The van der Waals surface area contributed by atoms with Crippen LogP contribution in [0.1, 0.15) is 66.8 Å². The molecule has 0 aliphatic heterocycles. The fourth-order valence-corrected chi connectivity index (χ4v) is 3.11. The SMILES string of the molecule is CCOC(=O)c1cc2nc(C3CCCCC3)cc(C(F)(F)F)n2n1. The van der Waals surface area contributed by atoms with Crippen LogP contribution in [0.5, 0.6) is 0 Å². The van der Waals surface area contributed by atoms with Crippen molar-refractivity contribution in [1.82, 2.24) is 14.6 Å². The molecule has 1 aliphatic carbocycles. The van der Waals surface area contributed by atoms with Crippen molar-refractivity contribution in [3.05, 3.63) is 29.2 Å². The van der Waals surface area contributed by atoms with Gasteiger partial charge in [0.05, 0.1) is 6.61 Å². The van der Waals surface area contributed by atoms with Gasteiger partial charge >= 0.3 is 12.1 Å². The van der Waals surface area contributed by atoms with Crippen molar-refractivity contribution in [3.8, 4) is 0 Å². The molecule has 24 heavy (non-hydrogen) atoms. The van der Waals surface area contributed by atoms with Gasteiger partial charge in [0.15, 0.2) is 11.3 Å². The minimum atomic E-state index is -4.58. The molecule has 2 aromatic heterocycles. The number of hydrogen-bond donors (Lipinski definition) is 0.